The van der Waals surface area contributed by atoms with Gasteiger partial charge in [0.15, 0.2) is 11.6 Å². The van der Waals surface area contributed by atoms with Crippen molar-refractivity contribution in [2.24, 2.45) is 0 Å². The maximum absolute atomic E-state index is 13.8. The average molecular weight is 291 g/mol. The quantitative estimate of drug-likeness (QED) is 0.676. The number of nitrogens with zero attached hydrogens (tertiary/aromatic N) is 2. The summed E-state index contributed by atoms with van der Waals surface area (Å²) in [5.41, 5.74) is 0.433. The van der Waals surface area contributed by atoms with E-state index in [1.807, 2.05) is 13.0 Å². The largest absolute Gasteiger partial charge is 0.436 e. The second-order valence-electron chi connectivity index (χ2n) is 4.38. The molecule has 0 saturated carbocycles. The van der Waals surface area contributed by atoms with Crippen molar-refractivity contribution < 1.29 is 14.1 Å². The van der Waals surface area contributed by atoms with Crippen LogP contribution in [0.1, 0.15) is 18.5 Å². The van der Waals surface area contributed by atoms with Crippen LogP contribution in [0.4, 0.5) is 10.1 Å². The number of hydrogen-bond donors (Lipinski definition) is 1. The van der Waals surface area contributed by atoms with Crippen LogP contribution < -0.4 is 10.1 Å². The van der Waals surface area contributed by atoms with Gasteiger partial charge >= 0.3 is 0 Å². The number of nitro groups is 1. The Morgan fingerprint density at radius 2 is 2.19 bits per heavy atom. The summed E-state index contributed by atoms with van der Waals surface area (Å²) in [6.45, 7) is 1.91. The highest BCUT2D eigenvalue weighted by Gasteiger charge is 2.16. The van der Waals surface area contributed by atoms with E-state index in [1.54, 1.807) is 13.1 Å². The Balaban J connectivity index is 2.33. The van der Waals surface area contributed by atoms with E-state index in [9.17, 15) is 14.5 Å². The predicted octanol–water partition coefficient (Wildman–Crippen LogP) is 3.20. The van der Waals surface area contributed by atoms with E-state index in [1.165, 1.54) is 18.3 Å². The monoisotopic (exact) mass is 291 g/mol. The first kappa shape index (κ1) is 14.9. The fraction of sp³-hybridized carbons (Fsp3) is 0.214. The summed E-state index contributed by atoms with van der Waals surface area (Å²) in [7, 11) is 1.79. The Bertz CT molecular complexity index is 664. The topological polar surface area (TPSA) is 77.3 Å². The fourth-order valence-electron chi connectivity index (χ4n) is 1.76. The third-order valence-electron chi connectivity index (χ3n) is 3.03. The van der Waals surface area contributed by atoms with Gasteiger partial charge in [-0.1, -0.05) is 6.07 Å². The lowest BCUT2D eigenvalue weighted by Gasteiger charge is -2.15. The molecule has 0 radical (unpaired) electrons. The van der Waals surface area contributed by atoms with Crippen molar-refractivity contribution in [1.82, 2.24) is 10.3 Å². The number of non-ortho nitro benzene ring substituents is 1. The van der Waals surface area contributed by atoms with Crippen LogP contribution in [0.2, 0.25) is 0 Å². The smallest absolute Gasteiger partial charge is 0.272 e. The number of nitrogens with one attached hydrogen (secondary N) is 1. The average Bonchev–Trinajstić information content (AvgIpc) is 2.49. The van der Waals surface area contributed by atoms with Crippen molar-refractivity contribution in [1.29, 1.82) is 0 Å². The molecule has 1 aromatic heterocycles. The highest BCUT2D eigenvalue weighted by molar-refractivity contribution is 5.40. The van der Waals surface area contributed by atoms with Gasteiger partial charge in [-0.2, -0.15) is 0 Å². The highest BCUT2D eigenvalue weighted by atomic mass is 19.1. The van der Waals surface area contributed by atoms with Crippen LogP contribution in [0.5, 0.6) is 11.6 Å². The number of aromatic nitrogens is 1. The van der Waals surface area contributed by atoms with Gasteiger partial charge in [0.25, 0.3) is 5.69 Å². The van der Waals surface area contributed by atoms with Crippen molar-refractivity contribution in [3.63, 3.8) is 0 Å². The molecule has 1 aromatic carbocycles. The van der Waals surface area contributed by atoms with E-state index in [0.717, 1.165) is 11.6 Å². The molecular formula is C14H14FN3O3. The van der Waals surface area contributed by atoms with Gasteiger partial charge in [-0.15, -0.1) is 0 Å². The molecule has 21 heavy (non-hydrogen) atoms. The van der Waals surface area contributed by atoms with Crippen molar-refractivity contribution >= 4 is 5.69 Å². The van der Waals surface area contributed by atoms with E-state index in [4.69, 9.17) is 4.74 Å². The summed E-state index contributed by atoms with van der Waals surface area (Å²) >= 11 is 0. The van der Waals surface area contributed by atoms with E-state index >= 15 is 0 Å². The van der Waals surface area contributed by atoms with Gasteiger partial charge in [-0.25, -0.2) is 9.37 Å². The van der Waals surface area contributed by atoms with Crippen molar-refractivity contribution in [3.05, 3.63) is 58.0 Å². The number of halogens is 1. The van der Waals surface area contributed by atoms with Gasteiger partial charge < -0.3 is 10.1 Å². The maximum atomic E-state index is 13.8. The van der Waals surface area contributed by atoms with Crippen LogP contribution in [-0.2, 0) is 0 Å². The number of benzene rings is 1. The number of pyridine rings is 1. The maximum Gasteiger partial charge on any atom is 0.272 e. The molecule has 0 aliphatic carbocycles. The molecule has 1 heterocycles. The number of ether oxygens (including phenoxy) is 1. The molecule has 1 N–H and O–H groups in total. The van der Waals surface area contributed by atoms with Gasteiger partial charge in [-0.05, 0) is 26.1 Å². The van der Waals surface area contributed by atoms with Crippen LogP contribution in [0.25, 0.3) is 0 Å². The SMILES string of the molecule is CNC(C)c1cccnc1Oc1ccc([N+](=O)[O-])cc1F. The van der Waals surface area contributed by atoms with Crippen LogP contribution in [0.3, 0.4) is 0 Å². The molecule has 6 nitrogen and oxygen atoms in total. The molecule has 1 unspecified atom stereocenters. The molecule has 1 atom stereocenters. The first-order valence-electron chi connectivity index (χ1n) is 6.27. The molecule has 0 aliphatic heterocycles. The molecule has 110 valence electrons. The zero-order valence-corrected chi connectivity index (χ0v) is 11.5. The highest BCUT2D eigenvalue weighted by Crippen LogP contribution is 2.30. The fourth-order valence-corrected chi connectivity index (χ4v) is 1.76. The van der Waals surface area contributed by atoms with E-state index in [-0.39, 0.29) is 23.4 Å². The van der Waals surface area contributed by atoms with Crippen molar-refractivity contribution in [2.45, 2.75) is 13.0 Å². The lowest BCUT2D eigenvalue weighted by Crippen LogP contribution is -2.13. The van der Waals surface area contributed by atoms with Crippen molar-refractivity contribution in [3.8, 4) is 11.6 Å². The summed E-state index contributed by atoms with van der Waals surface area (Å²) in [5.74, 6) is -0.658. The number of nitro benzene ring substituents is 1. The van der Waals surface area contributed by atoms with Gasteiger partial charge in [0, 0.05) is 23.9 Å². The summed E-state index contributed by atoms with van der Waals surface area (Å²) < 4.78 is 19.3. The Hall–Kier alpha value is -2.54. The Morgan fingerprint density at radius 3 is 2.81 bits per heavy atom. The van der Waals surface area contributed by atoms with E-state index in [2.05, 4.69) is 10.3 Å². The number of rotatable bonds is 5. The molecule has 0 aliphatic rings. The first-order valence-corrected chi connectivity index (χ1v) is 6.27. The van der Waals surface area contributed by atoms with Crippen LogP contribution >= 0.6 is 0 Å². The van der Waals surface area contributed by atoms with Gasteiger partial charge in [0.2, 0.25) is 5.88 Å². The van der Waals surface area contributed by atoms with Gasteiger partial charge in [0.05, 0.1) is 11.0 Å². The van der Waals surface area contributed by atoms with Crippen molar-refractivity contribution in [2.75, 3.05) is 7.05 Å². The summed E-state index contributed by atoms with van der Waals surface area (Å²) in [5, 5.41) is 13.6. The molecule has 0 bridgehead atoms. The lowest BCUT2D eigenvalue weighted by molar-refractivity contribution is -0.385. The Morgan fingerprint density at radius 1 is 1.43 bits per heavy atom. The minimum Gasteiger partial charge on any atom is -0.436 e. The molecule has 2 rings (SSSR count). The van der Waals surface area contributed by atoms with E-state index in [0.29, 0.717) is 0 Å². The van der Waals surface area contributed by atoms with Crippen LogP contribution in [-0.4, -0.2) is 17.0 Å². The second kappa shape index (κ2) is 6.27. The molecule has 0 amide bonds. The predicted molar refractivity (Wildman–Crippen MR) is 74.8 cm³/mol. The standard InChI is InChI=1S/C14H14FN3O3/c1-9(16-2)11-4-3-7-17-14(11)21-13-6-5-10(18(19)20)8-12(13)15/h3-9,16H,1-2H3. The molecule has 2 aromatic rings. The second-order valence-corrected chi connectivity index (χ2v) is 4.38. The third-order valence-corrected chi connectivity index (χ3v) is 3.03. The third kappa shape index (κ3) is 3.32. The zero-order chi connectivity index (χ0) is 15.4. The normalized spacial score (nSPS) is 12.0. The Labute approximate surface area is 120 Å². The molecule has 0 spiro atoms. The minimum absolute atomic E-state index is 0.0326. The van der Waals surface area contributed by atoms with Gasteiger partial charge in [0.1, 0.15) is 0 Å². The zero-order valence-electron chi connectivity index (χ0n) is 11.5. The molecule has 0 fully saturated rings. The van der Waals surface area contributed by atoms with Gasteiger partial charge in [-0.3, -0.25) is 10.1 Å². The minimum atomic E-state index is -0.807. The Kier molecular flexibility index (Phi) is 4.44. The summed E-state index contributed by atoms with van der Waals surface area (Å²) in [4.78, 5) is 14.0. The van der Waals surface area contributed by atoms with Crippen LogP contribution in [0, 0.1) is 15.9 Å². The first-order chi connectivity index (χ1) is 10.0. The lowest BCUT2D eigenvalue weighted by atomic mass is 10.1. The van der Waals surface area contributed by atoms with E-state index < -0.39 is 10.7 Å². The molecule has 0 saturated heterocycles. The summed E-state index contributed by atoms with van der Waals surface area (Å²) in [6.07, 6.45) is 1.53. The molecule has 7 heteroatoms. The molecular weight excluding hydrogens is 277 g/mol. The summed E-state index contributed by atoms with van der Waals surface area (Å²) in [6, 6.07) is 6.75. The van der Waals surface area contributed by atoms with Crippen LogP contribution in [0.15, 0.2) is 36.5 Å². The number of hydrogen-bond acceptors (Lipinski definition) is 5.